The van der Waals surface area contributed by atoms with Gasteiger partial charge < -0.3 is 9.84 Å². The minimum atomic E-state index is -0.0338. The quantitative estimate of drug-likeness (QED) is 0.640. The summed E-state index contributed by atoms with van der Waals surface area (Å²) in [5.41, 5.74) is 2.33. The van der Waals surface area contributed by atoms with Gasteiger partial charge in [-0.2, -0.15) is 0 Å². The third-order valence-corrected chi connectivity index (χ3v) is 2.91. The summed E-state index contributed by atoms with van der Waals surface area (Å²) in [7, 11) is 1.53. The van der Waals surface area contributed by atoms with Crippen LogP contribution in [0.4, 0.5) is 0 Å². The molecule has 3 heteroatoms. The summed E-state index contributed by atoms with van der Waals surface area (Å²) in [5, 5.41) is 9.97. The van der Waals surface area contributed by atoms with Crippen molar-refractivity contribution in [3.63, 3.8) is 0 Å². The topological polar surface area (TPSA) is 46.5 Å². The van der Waals surface area contributed by atoms with Crippen molar-refractivity contribution in [2.24, 2.45) is 0 Å². The molecule has 3 nitrogen and oxygen atoms in total. The Balaban J connectivity index is 3.43. The van der Waals surface area contributed by atoms with E-state index in [0.717, 1.165) is 11.1 Å². The van der Waals surface area contributed by atoms with Crippen LogP contribution in [0.15, 0.2) is 30.4 Å². The molecular formula is C15H17O3. The molecule has 0 fully saturated rings. The predicted octanol–water partition coefficient (Wildman–Crippen LogP) is 3.20. The summed E-state index contributed by atoms with van der Waals surface area (Å²) in [6, 6.07) is 3.28. The smallest absolute Gasteiger partial charge is 0.225 e. The minimum Gasteiger partial charge on any atom is -0.508 e. The van der Waals surface area contributed by atoms with Gasteiger partial charge in [0.15, 0.2) is 0 Å². The Morgan fingerprint density at radius 2 is 2.22 bits per heavy atom. The lowest BCUT2D eigenvalue weighted by atomic mass is 9.91. The van der Waals surface area contributed by atoms with E-state index >= 15 is 0 Å². The lowest BCUT2D eigenvalue weighted by Gasteiger charge is -2.19. The third-order valence-electron chi connectivity index (χ3n) is 2.91. The zero-order chi connectivity index (χ0) is 13.7. The van der Waals surface area contributed by atoms with Gasteiger partial charge in [-0.25, -0.2) is 0 Å². The average Bonchev–Trinajstić information content (AvgIpc) is 2.35. The van der Waals surface area contributed by atoms with Crippen LogP contribution in [-0.2, 0) is 4.79 Å². The fraction of sp³-hybridized carbons (Fsp3) is 0.267. The van der Waals surface area contributed by atoms with Crippen LogP contribution in [0, 0.1) is 0 Å². The van der Waals surface area contributed by atoms with E-state index in [0.29, 0.717) is 11.3 Å². The van der Waals surface area contributed by atoms with Gasteiger partial charge in [-0.05, 0) is 31.2 Å². The van der Waals surface area contributed by atoms with Gasteiger partial charge in [0.2, 0.25) is 6.29 Å². The van der Waals surface area contributed by atoms with Crippen LogP contribution in [0.2, 0.25) is 0 Å². The first kappa shape index (κ1) is 14.0. The van der Waals surface area contributed by atoms with Crippen LogP contribution in [0.25, 0.3) is 6.08 Å². The molecule has 0 aliphatic heterocycles. The second-order valence-corrected chi connectivity index (χ2v) is 4.14. The maximum absolute atomic E-state index is 10.3. The van der Waals surface area contributed by atoms with Crippen molar-refractivity contribution < 1.29 is 14.6 Å². The van der Waals surface area contributed by atoms with E-state index in [1.807, 2.05) is 13.8 Å². The number of phenols is 1. The number of rotatable bonds is 5. The standard InChI is InChI=1S/C15H17O3/c1-10(2)11(3)14-13(17)8-7-12(6-5-9-16)15(14)18-4/h5-8,11,17H,1H2,2-4H3. The second kappa shape index (κ2) is 6.05. The van der Waals surface area contributed by atoms with Crippen LogP contribution in [0.5, 0.6) is 11.5 Å². The molecule has 0 aliphatic rings. The van der Waals surface area contributed by atoms with Gasteiger partial charge in [-0.1, -0.05) is 19.1 Å². The first-order chi connectivity index (χ1) is 8.52. The molecule has 1 rings (SSSR count). The van der Waals surface area contributed by atoms with Gasteiger partial charge in [-0.15, -0.1) is 0 Å². The summed E-state index contributed by atoms with van der Waals surface area (Å²) in [4.78, 5) is 10.3. The van der Waals surface area contributed by atoms with Crippen molar-refractivity contribution in [2.45, 2.75) is 19.8 Å². The normalized spacial score (nSPS) is 12.4. The SMILES string of the molecule is C=C(C)C(C)c1c(O)ccc(C=C[C]=O)c1OC. The van der Waals surface area contributed by atoms with Crippen LogP contribution in [0.1, 0.15) is 30.9 Å². The largest absolute Gasteiger partial charge is 0.508 e. The van der Waals surface area contributed by atoms with E-state index in [4.69, 9.17) is 4.74 Å². The summed E-state index contributed by atoms with van der Waals surface area (Å²) in [6.45, 7) is 7.73. The molecule has 0 spiro atoms. The van der Waals surface area contributed by atoms with Gasteiger partial charge in [-0.3, -0.25) is 4.79 Å². The Morgan fingerprint density at radius 3 is 2.72 bits per heavy atom. The molecule has 18 heavy (non-hydrogen) atoms. The molecule has 0 amide bonds. The zero-order valence-corrected chi connectivity index (χ0v) is 10.9. The maximum Gasteiger partial charge on any atom is 0.225 e. The second-order valence-electron chi connectivity index (χ2n) is 4.14. The number of hydrogen-bond acceptors (Lipinski definition) is 3. The van der Waals surface area contributed by atoms with Crippen LogP contribution >= 0.6 is 0 Å². The van der Waals surface area contributed by atoms with Crippen molar-refractivity contribution in [3.05, 3.63) is 41.5 Å². The van der Waals surface area contributed by atoms with E-state index < -0.39 is 0 Å². The molecule has 0 aliphatic carbocycles. The number of carbonyl (C=O) groups excluding carboxylic acids is 1. The number of aromatic hydroxyl groups is 1. The number of ether oxygens (including phenoxy) is 1. The highest BCUT2D eigenvalue weighted by atomic mass is 16.5. The molecule has 0 saturated carbocycles. The van der Waals surface area contributed by atoms with E-state index in [9.17, 15) is 9.90 Å². The van der Waals surface area contributed by atoms with Crippen molar-refractivity contribution in [1.29, 1.82) is 0 Å². The summed E-state index contributed by atoms with van der Waals surface area (Å²) < 4.78 is 5.34. The highest BCUT2D eigenvalue weighted by molar-refractivity contribution is 5.77. The molecule has 1 aromatic carbocycles. The van der Waals surface area contributed by atoms with Crippen molar-refractivity contribution in [1.82, 2.24) is 0 Å². The number of phenolic OH excluding ortho intramolecular Hbond substituents is 1. The van der Waals surface area contributed by atoms with E-state index in [2.05, 4.69) is 6.58 Å². The first-order valence-corrected chi connectivity index (χ1v) is 5.62. The molecule has 1 radical (unpaired) electrons. The molecule has 0 saturated heterocycles. The number of hydrogen-bond donors (Lipinski definition) is 1. The van der Waals surface area contributed by atoms with Gasteiger partial charge in [0.1, 0.15) is 11.5 Å². The van der Waals surface area contributed by atoms with Crippen molar-refractivity contribution >= 4 is 12.4 Å². The maximum atomic E-state index is 10.3. The lowest BCUT2D eigenvalue weighted by Crippen LogP contribution is -2.01. The minimum absolute atomic E-state index is 0.0338. The Labute approximate surface area is 107 Å². The Morgan fingerprint density at radius 1 is 1.56 bits per heavy atom. The molecule has 0 aromatic heterocycles. The van der Waals surface area contributed by atoms with E-state index in [1.165, 1.54) is 13.2 Å². The molecule has 1 aromatic rings. The van der Waals surface area contributed by atoms with Gasteiger partial charge in [0.25, 0.3) is 0 Å². The molecule has 0 bridgehead atoms. The van der Waals surface area contributed by atoms with Crippen LogP contribution in [0.3, 0.4) is 0 Å². The first-order valence-electron chi connectivity index (χ1n) is 5.62. The van der Waals surface area contributed by atoms with Crippen molar-refractivity contribution in [3.8, 4) is 11.5 Å². The number of allylic oxidation sites excluding steroid dienone is 2. The van der Waals surface area contributed by atoms with E-state index in [-0.39, 0.29) is 11.7 Å². The Kier molecular flexibility index (Phi) is 4.72. The molecule has 1 N–H and O–H groups in total. The average molecular weight is 245 g/mol. The molecule has 1 unspecified atom stereocenters. The Hall–Kier alpha value is -2.03. The van der Waals surface area contributed by atoms with Crippen LogP contribution in [-0.4, -0.2) is 18.5 Å². The molecule has 1 atom stereocenters. The van der Waals surface area contributed by atoms with Crippen LogP contribution < -0.4 is 4.74 Å². The van der Waals surface area contributed by atoms with Gasteiger partial charge >= 0.3 is 0 Å². The lowest BCUT2D eigenvalue weighted by molar-refractivity contribution is 0.396. The number of benzene rings is 1. The molecule has 0 heterocycles. The van der Waals surface area contributed by atoms with Crippen molar-refractivity contribution in [2.75, 3.05) is 7.11 Å². The fourth-order valence-corrected chi connectivity index (χ4v) is 1.75. The highest BCUT2D eigenvalue weighted by Gasteiger charge is 2.19. The highest BCUT2D eigenvalue weighted by Crippen LogP contribution is 2.40. The number of methoxy groups -OCH3 is 1. The van der Waals surface area contributed by atoms with Gasteiger partial charge in [0, 0.05) is 17.0 Å². The predicted molar refractivity (Wildman–Crippen MR) is 72.6 cm³/mol. The molecular weight excluding hydrogens is 228 g/mol. The van der Waals surface area contributed by atoms with Gasteiger partial charge in [0.05, 0.1) is 7.11 Å². The summed E-state index contributed by atoms with van der Waals surface area (Å²) in [6.07, 6.45) is 4.55. The summed E-state index contributed by atoms with van der Waals surface area (Å²) >= 11 is 0. The third kappa shape index (κ3) is 2.80. The Bertz CT molecular complexity index is 487. The molecule has 95 valence electrons. The van der Waals surface area contributed by atoms with E-state index in [1.54, 1.807) is 24.5 Å². The monoisotopic (exact) mass is 245 g/mol. The zero-order valence-electron chi connectivity index (χ0n) is 10.9. The summed E-state index contributed by atoms with van der Waals surface area (Å²) in [5.74, 6) is 0.681. The fourth-order valence-electron chi connectivity index (χ4n) is 1.75.